The summed E-state index contributed by atoms with van der Waals surface area (Å²) in [5.74, 6) is 6.91. The molecule has 0 aliphatic heterocycles. The van der Waals surface area contributed by atoms with Crippen molar-refractivity contribution in [3.05, 3.63) is 44.1 Å². The van der Waals surface area contributed by atoms with Gasteiger partial charge in [0.1, 0.15) is 5.82 Å². The van der Waals surface area contributed by atoms with E-state index in [1.165, 1.54) is 12.1 Å². The highest BCUT2D eigenvalue weighted by atomic mass is 127. The van der Waals surface area contributed by atoms with Crippen LogP contribution in [0.4, 0.5) is 4.39 Å². The van der Waals surface area contributed by atoms with Gasteiger partial charge in [-0.25, -0.2) is 4.39 Å². The molecule has 1 aromatic carbocycles. The van der Waals surface area contributed by atoms with Gasteiger partial charge in [0.05, 0.1) is 4.91 Å². The number of hydrogen-bond acceptors (Lipinski definition) is 2. The SMILES string of the molecule is CSC/C=C(/C#Cc1cc(F)cc(I)c1)SC(C)C. The lowest BCUT2D eigenvalue weighted by Gasteiger charge is -2.03. The van der Waals surface area contributed by atoms with Gasteiger partial charge in [-0.05, 0) is 47.0 Å². The summed E-state index contributed by atoms with van der Waals surface area (Å²) in [7, 11) is 0. The Morgan fingerprint density at radius 2 is 2.16 bits per heavy atom. The Morgan fingerprint density at radius 3 is 2.74 bits per heavy atom. The third kappa shape index (κ3) is 7.28. The van der Waals surface area contributed by atoms with Crippen LogP contribution in [0.3, 0.4) is 0 Å². The predicted octanol–water partition coefficient (Wildman–Crippen LogP) is 5.17. The Hall–Kier alpha value is -0.120. The number of allylic oxidation sites excluding steroid dienone is 1. The number of halogens is 2. The van der Waals surface area contributed by atoms with Crippen molar-refractivity contribution in [2.75, 3.05) is 12.0 Å². The van der Waals surface area contributed by atoms with E-state index in [1.54, 1.807) is 23.5 Å². The molecule has 0 N–H and O–H groups in total. The third-order valence-corrected chi connectivity index (χ3v) is 4.11. The molecular weight excluding hydrogens is 390 g/mol. The average molecular weight is 406 g/mol. The van der Waals surface area contributed by atoms with E-state index in [9.17, 15) is 4.39 Å². The fourth-order valence-corrected chi connectivity index (χ4v) is 3.17. The van der Waals surface area contributed by atoms with Crippen molar-refractivity contribution in [3.63, 3.8) is 0 Å². The Morgan fingerprint density at radius 1 is 1.42 bits per heavy atom. The van der Waals surface area contributed by atoms with Crippen LogP contribution in [0.25, 0.3) is 0 Å². The summed E-state index contributed by atoms with van der Waals surface area (Å²) in [4.78, 5) is 1.06. The quantitative estimate of drug-likeness (QED) is 0.500. The molecule has 0 nitrogen and oxygen atoms in total. The summed E-state index contributed by atoms with van der Waals surface area (Å²) in [6.07, 6.45) is 4.20. The van der Waals surface area contributed by atoms with E-state index in [4.69, 9.17) is 0 Å². The molecule has 0 heterocycles. The molecule has 4 heteroatoms. The molecule has 0 saturated carbocycles. The maximum absolute atomic E-state index is 13.3. The maximum Gasteiger partial charge on any atom is 0.125 e. The predicted molar refractivity (Wildman–Crippen MR) is 95.2 cm³/mol. The highest BCUT2D eigenvalue weighted by molar-refractivity contribution is 14.1. The van der Waals surface area contributed by atoms with Gasteiger partial charge >= 0.3 is 0 Å². The molecule has 0 bridgehead atoms. The van der Waals surface area contributed by atoms with Gasteiger partial charge in [0, 0.05) is 20.1 Å². The molecule has 0 aliphatic rings. The van der Waals surface area contributed by atoms with Crippen LogP contribution in [0.2, 0.25) is 0 Å². The molecule has 0 aliphatic carbocycles. The van der Waals surface area contributed by atoms with Gasteiger partial charge in [-0.3, -0.25) is 0 Å². The van der Waals surface area contributed by atoms with E-state index in [2.05, 4.69) is 60.6 Å². The first-order valence-electron chi connectivity index (χ1n) is 5.85. The molecule has 0 radical (unpaired) electrons. The minimum Gasteiger partial charge on any atom is -0.207 e. The zero-order valence-electron chi connectivity index (χ0n) is 11.2. The topological polar surface area (TPSA) is 0 Å². The van der Waals surface area contributed by atoms with Crippen LogP contribution in [0.15, 0.2) is 29.2 Å². The second kappa shape index (κ2) is 8.93. The normalized spacial score (nSPS) is 11.4. The maximum atomic E-state index is 13.3. The van der Waals surface area contributed by atoms with Crippen LogP contribution in [0.1, 0.15) is 19.4 Å². The fraction of sp³-hybridized carbons (Fsp3) is 0.333. The van der Waals surface area contributed by atoms with Crippen molar-refractivity contribution in [1.29, 1.82) is 0 Å². The summed E-state index contributed by atoms with van der Waals surface area (Å²) in [5, 5.41) is 0.495. The summed E-state index contributed by atoms with van der Waals surface area (Å²) in [5.41, 5.74) is 0.726. The van der Waals surface area contributed by atoms with Crippen LogP contribution in [-0.4, -0.2) is 17.3 Å². The monoisotopic (exact) mass is 406 g/mol. The Bertz CT molecular complexity index is 492. The molecule has 0 amide bonds. The largest absolute Gasteiger partial charge is 0.207 e. The molecule has 0 fully saturated rings. The number of thioether (sulfide) groups is 2. The summed E-state index contributed by atoms with van der Waals surface area (Å²) < 4.78 is 14.1. The first kappa shape index (κ1) is 16.9. The third-order valence-electron chi connectivity index (χ3n) is 1.99. The van der Waals surface area contributed by atoms with Crippen molar-refractivity contribution in [2.45, 2.75) is 19.1 Å². The second-order valence-corrected chi connectivity index (χ2v) is 7.87. The first-order valence-corrected chi connectivity index (χ1v) is 9.20. The molecule has 0 unspecified atom stereocenters. The first-order chi connectivity index (χ1) is 9.01. The van der Waals surface area contributed by atoms with E-state index < -0.39 is 0 Å². The van der Waals surface area contributed by atoms with E-state index in [1.807, 2.05) is 6.07 Å². The van der Waals surface area contributed by atoms with Crippen LogP contribution in [0, 0.1) is 21.2 Å². The van der Waals surface area contributed by atoms with Crippen LogP contribution in [-0.2, 0) is 0 Å². The Kier molecular flexibility index (Phi) is 7.96. The number of hydrogen-bond donors (Lipinski definition) is 0. The van der Waals surface area contributed by atoms with Crippen molar-refractivity contribution < 1.29 is 4.39 Å². The Labute approximate surface area is 137 Å². The van der Waals surface area contributed by atoms with E-state index in [0.29, 0.717) is 5.25 Å². The van der Waals surface area contributed by atoms with Gasteiger partial charge in [0.25, 0.3) is 0 Å². The molecule has 0 aromatic heterocycles. The van der Waals surface area contributed by atoms with Gasteiger partial charge in [-0.15, -0.1) is 11.8 Å². The summed E-state index contributed by atoms with van der Waals surface area (Å²) in [6, 6.07) is 4.86. The van der Waals surface area contributed by atoms with E-state index in [0.717, 1.165) is 19.8 Å². The van der Waals surface area contributed by atoms with E-state index >= 15 is 0 Å². The van der Waals surface area contributed by atoms with Gasteiger partial charge in [-0.2, -0.15) is 11.8 Å². The van der Waals surface area contributed by atoms with Gasteiger partial charge in [0.2, 0.25) is 0 Å². The smallest absolute Gasteiger partial charge is 0.125 e. The van der Waals surface area contributed by atoms with Gasteiger partial charge in [0.15, 0.2) is 0 Å². The number of rotatable bonds is 4. The summed E-state index contributed by atoms with van der Waals surface area (Å²) in [6.45, 7) is 4.29. The number of benzene rings is 1. The lowest BCUT2D eigenvalue weighted by molar-refractivity contribution is 0.626. The fourth-order valence-electron chi connectivity index (χ4n) is 1.30. The standard InChI is InChI=1S/C15H16FIS2/c1-11(2)19-15(6-7-18-3)5-4-12-8-13(16)10-14(17)9-12/h6,8-11H,7H2,1-3H3/b15-6-. The molecular formula is C15H16FIS2. The lowest BCUT2D eigenvalue weighted by atomic mass is 10.2. The van der Waals surface area contributed by atoms with Crippen molar-refractivity contribution in [3.8, 4) is 11.8 Å². The van der Waals surface area contributed by atoms with Gasteiger partial charge in [-0.1, -0.05) is 31.8 Å². The van der Waals surface area contributed by atoms with Crippen LogP contribution in [0.5, 0.6) is 0 Å². The zero-order chi connectivity index (χ0) is 14.3. The zero-order valence-corrected chi connectivity index (χ0v) is 15.0. The van der Waals surface area contributed by atoms with Crippen LogP contribution >= 0.6 is 46.1 Å². The molecule has 0 atom stereocenters. The molecule has 1 aromatic rings. The molecule has 1 rings (SSSR count). The molecule has 19 heavy (non-hydrogen) atoms. The highest BCUT2D eigenvalue weighted by Gasteiger charge is 1.99. The van der Waals surface area contributed by atoms with E-state index in [-0.39, 0.29) is 5.82 Å². The Balaban J connectivity index is 2.92. The van der Waals surface area contributed by atoms with Crippen molar-refractivity contribution in [2.24, 2.45) is 0 Å². The average Bonchev–Trinajstić information content (AvgIpc) is 2.31. The van der Waals surface area contributed by atoms with Crippen LogP contribution < -0.4 is 0 Å². The highest BCUT2D eigenvalue weighted by Crippen LogP contribution is 2.21. The minimum atomic E-state index is -0.234. The minimum absolute atomic E-state index is 0.234. The lowest BCUT2D eigenvalue weighted by Crippen LogP contribution is -1.88. The molecule has 0 saturated heterocycles. The molecule has 0 spiro atoms. The summed E-state index contributed by atoms with van der Waals surface area (Å²) >= 11 is 5.61. The van der Waals surface area contributed by atoms with Crippen molar-refractivity contribution >= 4 is 46.1 Å². The second-order valence-electron chi connectivity index (χ2n) is 4.10. The van der Waals surface area contributed by atoms with Gasteiger partial charge < -0.3 is 0 Å². The van der Waals surface area contributed by atoms with Crippen molar-refractivity contribution in [1.82, 2.24) is 0 Å². The molecule has 102 valence electrons.